The molecule has 1 amide bonds. The molecule has 1 heterocycles. The number of nitrogens with one attached hydrogen (secondary N) is 1. The van der Waals surface area contributed by atoms with Crippen molar-refractivity contribution in [2.75, 3.05) is 13.1 Å². The molecule has 0 spiro atoms. The maximum Gasteiger partial charge on any atom is 0.416 e. The molecule has 0 radical (unpaired) electrons. The molecule has 0 bridgehead atoms. The molecule has 42 heavy (non-hydrogen) atoms. The van der Waals surface area contributed by atoms with Gasteiger partial charge >= 0.3 is 12.4 Å². The Morgan fingerprint density at radius 2 is 1.29 bits per heavy atom. The summed E-state index contributed by atoms with van der Waals surface area (Å²) >= 11 is 0. The number of alkyl halides is 6. The summed E-state index contributed by atoms with van der Waals surface area (Å²) in [5, 5.41) is 1.21. The number of rotatable bonds is 6. The van der Waals surface area contributed by atoms with Crippen LogP contribution in [-0.2, 0) is 37.4 Å². The lowest BCUT2D eigenvalue weighted by Gasteiger charge is -2.43. The predicted molar refractivity (Wildman–Crippen MR) is 140 cm³/mol. The first-order chi connectivity index (χ1) is 19.5. The van der Waals surface area contributed by atoms with Crippen LogP contribution in [0.15, 0.2) is 53.4 Å². The minimum Gasteiger partial charge on any atom is -0.353 e. The third kappa shape index (κ3) is 6.65. The van der Waals surface area contributed by atoms with Crippen molar-refractivity contribution in [1.82, 2.24) is 10.2 Å². The molecule has 1 saturated heterocycles. The van der Waals surface area contributed by atoms with Crippen LogP contribution in [0.5, 0.6) is 0 Å². The Balaban J connectivity index is 1.74. The van der Waals surface area contributed by atoms with Gasteiger partial charge in [0.1, 0.15) is 0 Å². The lowest BCUT2D eigenvalue weighted by atomic mass is 9.89. The number of nitrogens with two attached hydrogens (primary N) is 1. The quantitative estimate of drug-likeness (QED) is 0.441. The molecule has 230 valence electrons. The zero-order chi connectivity index (χ0) is 30.9. The van der Waals surface area contributed by atoms with Gasteiger partial charge in [0, 0.05) is 25.0 Å². The zero-order valence-corrected chi connectivity index (χ0v) is 23.3. The Labute approximate surface area is 239 Å². The molecule has 1 aliphatic carbocycles. The molecular weight excluding hydrogens is 588 g/mol. The smallest absolute Gasteiger partial charge is 0.353 e. The van der Waals surface area contributed by atoms with Gasteiger partial charge in [-0.15, -0.1) is 0 Å². The molecule has 1 aliphatic heterocycles. The van der Waals surface area contributed by atoms with Gasteiger partial charge in [-0.25, -0.2) is 8.42 Å². The van der Waals surface area contributed by atoms with E-state index < -0.39 is 60.5 Å². The highest BCUT2D eigenvalue weighted by Crippen LogP contribution is 2.41. The van der Waals surface area contributed by atoms with E-state index >= 15 is 0 Å². The van der Waals surface area contributed by atoms with Gasteiger partial charge in [-0.1, -0.05) is 37.5 Å². The van der Waals surface area contributed by atoms with Crippen LogP contribution < -0.4 is 11.1 Å². The maximum absolute atomic E-state index is 13.8. The predicted octanol–water partition coefficient (Wildman–Crippen LogP) is 5.00. The van der Waals surface area contributed by atoms with Gasteiger partial charge in [0.05, 0.1) is 16.0 Å². The van der Waals surface area contributed by atoms with Crippen molar-refractivity contribution < 1.29 is 44.3 Å². The number of likely N-dealkylation sites (tertiary alicyclic amines) is 1. The summed E-state index contributed by atoms with van der Waals surface area (Å²) in [6.45, 7) is -0.459. The highest BCUT2D eigenvalue weighted by atomic mass is 32.2. The minimum atomic E-state index is -5.26. The molecule has 4 rings (SSSR count). The van der Waals surface area contributed by atoms with E-state index in [1.165, 1.54) is 18.2 Å². The van der Waals surface area contributed by atoms with E-state index in [1.54, 1.807) is 0 Å². The van der Waals surface area contributed by atoms with Gasteiger partial charge in [-0.2, -0.15) is 26.3 Å². The summed E-state index contributed by atoms with van der Waals surface area (Å²) in [5.74, 6) is -0.800. The summed E-state index contributed by atoms with van der Waals surface area (Å²) in [4.78, 5) is 27.2. The second kappa shape index (κ2) is 12.0. The van der Waals surface area contributed by atoms with Gasteiger partial charge in [0.25, 0.3) is 5.12 Å². The fraction of sp³-hybridized carbons (Fsp3) is 0.500. The molecular formula is C28H31F6N3O4S. The van der Waals surface area contributed by atoms with Crippen LogP contribution in [0, 0.1) is 5.92 Å². The van der Waals surface area contributed by atoms with Crippen LogP contribution >= 0.6 is 0 Å². The number of carbonyl (C=O) groups excluding carboxylic acids is 2. The lowest BCUT2D eigenvalue weighted by Crippen LogP contribution is -2.63. The summed E-state index contributed by atoms with van der Waals surface area (Å²) in [6, 6.07) is 6.66. The van der Waals surface area contributed by atoms with Crippen molar-refractivity contribution >= 4 is 20.9 Å². The average molecular weight is 620 g/mol. The molecule has 2 aliphatic rings. The zero-order valence-electron chi connectivity index (χ0n) is 22.5. The van der Waals surface area contributed by atoms with E-state index in [0.29, 0.717) is 0 Å². The van der Waals surface area contributed by atoms with Crippen LogP contribution in [0.2, 0.25) is 0 Å². The second-order valence-corrected chi connectivity index (χ2v) is 12.6. The normalized spacial score (nSPS) is 19.7. The third-order valence-corrected chi connectivity index (χ3v) is 9.64. The first-order valence-corrected chi connectivity index (χ1v) is 15.0. The van der Waals surface area contributed by atoms with Crippen LogP contribution in [0.1, 0.15) is 61.6 Å². The number of benzene rings is 2. The number of sulfone groups is 1. The van der Waals surface area contributed by atoms with Gasteiger partial charge in [0.15, 0.2) is 5.66 Å². The van der Waals surface area contributed by atoms with Crippen molar-refractivity contribution in [2.45, 2.75) is 73.9 Å². The maximum atomic E-state index is 13.8. The number of nitrogens with zero attached hydrogens (tertiary/aromatic N) is 1. The standard InChI is InChI=1S/C28H31F6N3O4S/c29-27(30,31)20-15-19(16-21(17-20)28(32,33)34)26(35,25(39)42(40,41)23-9-5-2-6-10-23)37-13-11-18(12-14-37)24(38)36-22-7-3-1-4-8-22/h2,5-6,9-10,15-18,22H,1,3-4,7-8,11-14,35H2,(H,36,38). The van der Waals surface area contributed by atoms with E-state index in [1.807, 2.05) is 0 Å². The number of piperidine rings is 1. The van der Waals surface area contributed by atoms with Crippen LogP contribution in [0.4, 0.5) is 26.3 Å². The van der Waals surface area contributed by atoms with Gasteiger partial charge in [0.2, 0.25) is 15.7 Å². The lowest BCUT2D eigenvalue weighted by molar-refractivity contribution is -0.144. The fourth-order valence-electron chi connectivity index (χ4n) is 5.58. The van der Waals surface area contributed by atoms with Gasteiger partial charge in [-0.05, 0) is 61.6 Å². The number of hydrogen-bond donors (Lipinski definition) is 2. The molecule has 1 saturated carbocycles. The molecule has 3 N–H and O–H groups in total. The first kappa shape index (κ1) is 32.0. The molecule has 7 nitrogen and oxygen atoms in total. The topological polar surface area (TPSA) is 110 Å². The number of hydrogen-bond acceptors (Lipinski definition) is 6. The highest BCUT2D eigenvalue weighted by Gasteiger charge is 2.51. The van der Waals surface area contributed by atoms with Crippen molar-refractivity contribution in [3.8, 4) is 0 Å². The van der Waals surface area contributed by atoms with E-state index in [-0.39, 0.29) is 56.1 Å². The van der Waals surface area contributed by atoms with Crippen LogP contribution in [-0.4, -0.2) is 43.5 Å². The van der Waals surface area contributed by atoms with E-state index in [4.69, 9.17) is 5.73 Å². The van der Waals surface area contributed by atoms with Crippen molar-refractivity contribution in [3.05, 3.63) is 65.2 Å². The van der Waals surface area contributed by atoms with Gasteiger partial charge < -0.3 is 11.1 Å². The monoisotopic (exact) mass is 619 g/mol. The first-order valence-electron chi connectivity index (χ1n) is 13.5. The van der Waals surface area contributed by atoms with E-state index in [9.17, 15) is 44.3 Å². The Kier molecular flexibility index (Phi) is 9.10. The highest BCUT2D eigenvalue weighted by molar-refractivity contribution is 8.06. The summed E-state index contributed by atoms with van der Waals surface area (Å²) in [5.41, 5.74) is -0.968. The van der Waals surface area contributed by atoms with E-state index in [2.05, 4.69) is 5.32 Å². The van der Waals surface area contributed by atoms with Crippen LogP contribution in [0.3, 0.4) is 0 Å². The number of carbonyl (C=O) groups is 2. The number of amides is 1. The van der Waals surface area contributed by atoms with Crippen molar-refractivity contribution in [3.63, 3.8) is 0 Å². The number of halogens is 6. The summed E-state index contributed by atoms with van der Waals surface area (Å²) < 4.78 is 109. The summed E-state index contributed by atoms with van der Waals surface area (Å²) in [7, 11) is -4.99. The average Bonchev–Trinajstić information content (AvgIpc) is 2.96. The molecule has 14 heteroatoms. The van der Waals surface area contributed by atoms with E-state index in [0.717, 1.165) is 49.1 Å². The molecule has 2 aromatic carbocycles. The van der Waals surface area contributed by atoms with Crippen molar-refractivity contribution in [2.24, 2.45) is 11.7 Å². The Hall–Kier alpha value is -2.97. The Morgan fingerprint density at radius 3 is 1.79 bits per heavy atom. The Bertz CT molecular complexity index is 1370. The third-order valence-electron chi connectivity index (χ3n) is 7.95. The fourth-order valence-corrected chi connectivity index (χ4v) is 6.96. The van der Waals surface area contributed by atoms with Crippen LogP contribution in [0.25, 0.3) is 0 Å². The molecule has 2 fully saturated rings. The molecule has 1 atom stereocenters. The molecule has 1 unspecified atom stereocenters. The molecule has 2 aromatic rings. The Morgan fingerprint density at radius 1 is 0.786 bits per heavy atom. The second-order valence-electron chi connectivity index (χ2n) is 10.8. The minimum absolute atomic E-state index is 0.0152. The SMILES string of the molecule is NC(C(=O)S(=O)(=O)c1ccccc1)(c1cc(C(F)(F)F)cc(C(F)(F)F)c1)N1CCC(C(=O)NC2CCCCC2)CC1. The van der Waals surface area contributed by atoms with Gasteiger partial charge in [-0.3, -0.25) is 14.5 Å². The van der Waals surface area contributed by atoms with Crippen molar-refractivity contribution in [1.29, 1.82) is 0 Å². The summed E-state index contributed by atoms with van der Waals surface area (Å²) in [6.07, 6.45) is -5.71. The molecule has 0 aromatic heterocycles. The largest absolute Gasteiger partial charge is 0.416 e.